The van der Waals surface area contributed by atoms with Crippen LogP contribution in [0.3, 0.4) is 0 Å². The highest BCUT2D eigenvalue weighted by Gasteiger charge is 2.56. The van der Waals surface area contributed by atoms with Crippen molar-refractivity contribution in [3.8, 4) is 0 Å². The van der Waals surface area contributed by atoms with Crippen LogP contribution in [-0.4, -0.2) is 28.7 Å². The van der Waals surface area contributed by atoms with E-state index in [4.69, 9.17) is 4.74 Å². The number of rotatable bonds is 2. The molecule has 0 N–H and O–H groups in total. The molecule has 3 heteroatoms. The fourth-order valence-electron chi connectivity index (χ4n) is 3.29. The summed E-state index contributed by atoms with van der Waals surface area (Å²) < 4.78 is 5.86. The van der Waals surface area contributed by atoms with E-state index in [1.54, 1.807) is 0 Å². The number of benzene rings is 1. The van der Waals surface area contributed by atoms with Gasteiger partial charge in [0.15, 0.2) is 0 Å². The summed E-state index contributed by atoms with van der Waals surface area (Å²) in [5.74, 6) is 0.0958. The molecule has 2 aliphatic heterocycles. The van der Waals surface area contributed by atoms with Crippen molar-refractivity contribution in [1.82, 2.24) is 4.90 Å². The van der Waals surface area contributed by atoms with Gasteiger partial charge in [0.2, 0.25) is 0 Å². The van der Waals surface area contributed by atoms with Crippen molar-refractivity contribution in [3.63, 3.8) is 0 Å². The number of hydrogen-bond acceptors (Lipinski definition) is 2. The molecule has 1 amide bonds. The van der Waals surface area contributed by atoms with Crippen LogP contribution in [0.2, 0.25) is 0 Å². The summed E-state index contributed by atoms with van der Waals surface area (Å²) in [6.07, 6.45) is 2.89. The van der Waals surface area contributed by atoms with E-state index in [-0.39, 0.29) is 11.4 Å². The Labute approximate surface area is 113 Å². The van der Waals surface area contributed by atoms with Crippen LogP contribution in [-0.2, 0) is 16.0 Å². The maximum atomic E-state index is 12.4. The second-order valence-corrected chi connectivity index (χ2v) is 5.97. The van der Waals surface area contributed by atoms with Gasteiger partial charge in [-0.05, 0) is 32.4 Å². The standard InChI is InChI=1S/C16H19NO2/c1-12-9-16(10-13-7-5-4-6-8-13)11-19-15(2,3)17(16)14(12)18/h4-9H,10-11H2,1-3H3/t16-/m1/s1. The number of amides is 1. The maximum Gasteiger partial charge on any atom is 0.252 e. The molecule has 1 aromatic rings. The van der Waals surface area contributed by atoms with Crippen LogP contribution in [0.25, 0.3) is 0 Å². The molecule has 0 radical (unpaired) electrons. The summed E-state index contributed by atoms with van der Waals surface area (Å²) in [4.78, 5) is 14.3. The first kappa shape index (κ1) is 12.4. The van der Waals surface area contributed by atoms with Crippen LogP contribution in [0.5, 0.6) is 0 Å². The summed E-state index contributed by atoms with van der Waals surface area (Å²) in [7, 11) is 0. The Kier molecular flexibility index (Phi) is 2.58. The van der Waals surface area contributed by atoms with Crippen molar-refractivity contribution in [2.24, 2.45) is 0 Å². The molecule has 3 rings (SSSR count). The first-order valence-corrected chi connectivity index (χ1v) is 6.67. The number of fused-ring (bicyclic) bond motifs is 1. The van der Waals surface area contributed by atoms with Crippen molar-refractivity contribution in [2.45, 2.75) is 38.5 Å². The van der Waals surface area contributed by atoms with Gasteiger partial charge < -0.3 is 4.74 Å². The molecule has 0 saturated carbocycles. The Morgan fingerprint density at radius 1 is 1.26 bits per heavy atom. The first-order valence-electron chi connectivity index (χ1n) is 6.67. The maximum absolute atomic E-state index is 12.4. The van der Waals surface area contributed by atoms with Crippen molar-refractivity contribution >= 4 is 5.91 Å². The lowest BCUT2D eigenvalue weighted by Crippen LogP contribution is -2.52. The van der Waals surface area contributed by atoms with Gasteiger partial charge in [-0.3, -0.25) is 9.69 Å². The van der Waals surface area contributed by atoms with E-state index in [0.717, 1.165) is 12.0 Å². The predicted octanol–water partition coefficient (Wildman–Crippen LogP) is 2.52. The van der Waals surface area contributed by atoms with Crippen molar-refractivity contribution < 1.29 is 9.53 Å². The van der Waals surface area contributed by atoms with Crippen LogP contribution in [0.1, 0.15) is 26.3 Å². The highest BCUT2D eigenvalue weighted by molar-refractivity contribution is 5.97. The second kappa shape index (κ2) is 3.94. The van der Waals surface area contributed by atoms with Gasteiger partial charge in [-0.1, -0.05) is 30.3 Å². The van der Waals surface area contributed by atoms with E-state index >= 15 is 0 Å². The molecule has 100 valence electrons. The number of hydrogen-bond donors (Lipinski definition) is 0. The third-order valence-corrected chi connectivity index (χ3v) is 4.04. The van der Waals surface area contributed by atoms with Crippen LogP contribution < -0.4 is 0 Å². The zero-order chi connectivity index (χ0) is 13.7. The fourth-order valence-corrected chi connectivity index (χ4v) is 3.29. The molecule has 1 saturated heterocycles. The fraction of sp³-hybridized carbons (Fsp3) is 0.438. The predicted molar refractivity (Wildman–Crippen MR) is 73.5 cm³/mol. The minimum Gasteiger partial charge on any atom is -0.353 e. The third-order valence-electron chi connectivity index (χ3n) is 4.04. The van der Waals surface area contributed by atoms with Gasteiger partial charge >= 0.3 is 0 Å². The molecule has 19 heavy (non-hydrogen) atoms. The van der Waals surface area contributed by atoms with Crippen LogP contribution in [0.4, 0.5) is 0 Å². The zero-order valence-electron chi connectivity index (χ0n) is 11.6. The lowest BCUT2D eigenvalue weighted by Gasteiger charge is -2.36. The molecule has 0 aliphatic carbocycles. The molecule has 0 spiro atoms. The van der Waals surface area contributed by atoms with E-state index in [2.05, 4.69) is 18.2 Å². The monoisotopic (exact) mass is 257 g/mol. The van der Waals surface area contributed by atoms with E-state index in [1.807, 2.05) is 43.9 Å². The number of ether oxygens (including phenoxy) is 1. The lowest BCUT2D eigenvalue weighted by molar-refractivity contribution is -0.141. The molecule has 2 aliphatic rings. The minimum absolute atomic E-state index is 0.0958. The normalized spacial score (nSPS) is 28.5. The van der Waals surface area contributed by atoms with E-state index < -0.39 is 5.72 Å². The Balaban J connectivity index is 2.00. The van der Waals surface area contributed by atoms with E-state index in [9.17, 15) is 4.79 Å². The second-order valence-electron chi connectivity index (χ2n) is 5.97. The quantitative estimate of drug-likeness (QED) is 0.814. The van der Waals surface area contributed by atoms with Gasteiger partial charge in [-0.25, -0.2) is 0 Å². The number of carbonyl (C=O) groups is 1. The lowest BCUT2D eigenvalue weighted by atomic mass is 9.91. The van der Waals surface area contributed by atoms with Crippen LogP contribution in [0, 0.1) is 0 Å². The smallest absolute Gasteiger partial charge is 0.252 e. The molecule has 0 bridgehead atoms. The highest BCUT2D eigenvalue weighted by Crippen LogP contribution is 2.43. The van der Waals surface area contributed by atoms with E-state index in [1.165, 1.54) is 5.56 Å². The Bertz CT molecular complexity index is 547. The molecule has 0 aromatic heterocycles. The van der Waals surface area contributed by atoms with Gasteiger partial charge in [0.25, 0.3) is 5.91 Å². The van der Waals surface area contributed by atoms with Gasteiger partial charge in [0.05, 0.1) is 12.1 Å². The first-order chi connectivity index (χ1) is 8.95. The highest BCUT2D eigenvalue weighted by atomic mass is 16.5. The molecule has 0 unspecified atom stereocenters. The molecular formula is C16H19NO2. The molecule has 1 aromatic carbocycles. The Morgan fingerprint density at radius 3 is 2.63 bits per heavy atom. The molecule has 1 atom stereocenters. The molecule has 1 fully saturated rings. The van der Waals surface area contributed by atoms with Crippen LogP contribution >= 0.6 is 0 Å². The summed E-state index contributed by atoms with van der Waals surface area (Å²) in [6, 6.07) is 10.3. The van der Waals surface area contributed by atoms with Crippen molar-refractivity contribution in [1.29, 1.82) is 0 Å². The number of nitrogens with zero attached hydrogens (tertiary/aromatic N) is 1. The zero-order valence-corrected chi connectivity index (χ0v) is 11.6. The van der Waals surface area contributed by atoms with Gasteiger partial charge in [-0.2, -0.15) is 0 Å². The van der Waals surface area contributed by atoms with Gasteiger partial charge in [-0.15, -0.1) is 0 Å². The van der Waals surface area contributed by atoms with Crippen molar-refractivity contribution in [3.05, 3.63) is 47.5 Å². The van der Waals surface area contributed by atoms with E-state index in [0.29, 0.717) is 6.61 Å². The molecular weight excluding hydrogens is 238 g/mol. The summed E-state index contributed by atoms with van der Waals surface area (Å²) in [5, 5.41) is 0. The minimum atomic E-state index is -0.528. The summed E-state index contributed by atoms with van der Waals surface area (Å²) in [5.41, 5.74) is 1.21. The van der Waals surface area contributed by atoms with Crippen molar-refractivity contribution in [2.75, 3.05) is 6.61 Å². The Hall–Kier alpha value is -1.61. The topological polar surface area (TPSA) is 29.5 Å². The van der Waals surface area contributed by atoms with Gasteiger partial charge in [0, 0.05) is 12.0 Å². The van der Waals surface area contributed by atoms with Crippen LogP contribution in [0.15, 0.2) is 42.0 Å². The SMILES string of the molecule is CC1=C[C@@]2(Cc3ccccc3)COC(C)(C)N2C1=O. The average Bonchev–Trinajstić information content (AvgIpc) is 2.75. The summed E-state index contributed by atoms with van der Waals surface area (Å²) in [6.45, 7) is 6.38. The molecule has 3 nitrogen and oxygen atoms in total. The summed E-state index contributed by atoms with van der Waals surface area (Å²) >= 11 is 0. The Morgan fingerprint density at radius 2 is 1.95 bits per heavy atom. The van der Waals surface area contributed by atoms with Gasteiger partial charge in [0.1, 0.15) is 5.72 Å². The third kappa shape index (κ3) is 1.80. The molecule has 2 heterocycles. The largest absolute Gasteiger partial charge is 0.353 e. The average molecular weight is 257 g/mol. The number of carbonyl (C=O) groups excluding carboxylic acids is 1.